The first-order valence-electron chi connectivity index (χ1n) is 8.84. The Morgan fingerprint density at radius 1 is 1.36 bits per heavy atom. The molecule has 132 valence electrons. The van der Waals surface area contributed by atoms with Gasteiger partial charge in [0, 0.05) is 19.7 Å². The minimum absolute atomic E-state index is 0.176. The van der Waals surface area contributed by atoms with Gasteiger partial charge in [-0.3, -0.25) is 4.90 Å². The van der Waals surface area contributed by atoms with Crippen molar-refractivity contribution in [3.05, 3.63) is 28.5 Å². The van der Waals surface area contributed by atoms with Gasteiger partial charge in [-0.05, 0) is 36.8 Å². The first kappa shape index (κ1) is 15.6. The van der Waals surface area contributed by atoms with Crippen molar-refractivity contribution in [2.24, 2.45) is 11.8 Å². The number of carboxylic acid groups (broad SMARTS) is 1. The van der Waals surface area contributed by atoms with Crippen molar-refractivity contribution in [1.29, 1.82) is 0 Å². The van der Waals surface area contributed by atoms with Crippen LogP contribution in [0.1, 0.15) is 29.0 Å². The fraction of sp³-hybridized carbons (Fsp3) is 0.556. The molecule has 25 heavy (non-hydrogen) atoms. The lowest BCUT2D eigenvalue weighted by Crippen LogP contribution is -2.32. The number of hydrogen-bond donors (Lipinski definition) is 1. The summed E-state index contributed by atoms with van der Waals surface area (Å²) in [5, 5.41) is 9.75. The predicted molar refractivity (Wildman–Crippen MR) is 92.9 cm³/mol. The van der Waals surface area contributed by atoms with E-state index in [1.165, 1.54) is 12.5 Å². The molecule has 5 rings (SSSR count). The van der Waals surface area contributed by atoms with Crippen LogP contribution in [-0.2, 0) is 17.8 Å². The highest BCUT2D eigenvalue weighted by molar-refractivity contribution is 6.35. The van der Waals surface area contributed by atoms with Crippen LogP contribution in [0.25, 0.3) is 11.0 Å². The summed E-state index contributed by atoms with van der Waals surface area (Å²) in [6, 6.07) is 3.17. The maximum Gasteiger partial charge on any atom is 0.335 e. The normalized spacial score (nSPS) is 28.1. The minimum Gasteiger partial charge on any atom is -0.478 e. The number of aromatic carboxylic acids is 1. The Balaban J connectivity index is 1.55. The summed E-state index contributed by atoms with van der Waals surface area (Å²) in [5.74, 6) is 1.72. The summed E-state index contributed by atoms with van der Waals surface area (Å²) in [5.41, 5.74) is 1.67. The highest BCUT2D eigenvalue weighted by Gasteiger charge is 2.45. The molecule has 1 aromatic heterocycles. The Labute approximate surface area is 150 Å². The number of imidazole rings is 1. The van der Waals surface area contributed by atoms with Crippen LogP contribution in [0.2, 0.25) is 5.02 Å². The van der Waals surface area contributed by atoms with Gasteiger partial charge in [-0.1, -0.05) is 11.6 Å². The number of carboxylic acids is 1. The van der Waals surface area contributed by atoms with Crippen LogP contribution >= 0.6 is 11.6 Å². The average molecular weight is 362 g/mol. The molecule has 0 bridgehead atoms. The van der Waals surface area contributed by atoms with E-state index in [0.29, 0.717) is 17.1 Å². The van der Waals surface area contributed by atoms with Gasteiger partial charge in [0.2, 0.25) is 0 Å². The predicted octanol–water partition coefficient (Wildman–Crippen LogP) is 2.63. The van der Waals surface area contributed by atoms with Crippen molar-refractivity contribution < 1.29 is 14.6 Å². The van der Waals surface area contributed by atoms with Crippen molar-refractivity contribution in [3.63, 3.8) is 0 Å². The molecule has 1 saturated carbocycles. The second-order valence-corrected chi connectivity index (χ2v) is 7.91. The zero-order valence-corrected chi connectivity index (χ0v) is 14.6. The summed E-state index contributed by atoms with van der Waals surface area (Å²) in [6.07, 6.45) is 2.58. The van der Waals surface area contributed by atoms with Gasteiger partial charge in [0.15, 0.2) is 0 Å². The number of piperidine rings is 1. The minimum atomic E-state index is -0.974. The van der Waals surface area contributed by atoms with Gasteiger partial charge in [0.1, 0.15) is 11.3 Å². The number of likely N-dealkylation sites (tertiary alicyclic amines) is 1. The molecule has 7 heteroatoms. The van der Waals surface area contributed by atoms with Gasteiger partial charge < -0.3 is 14.4 Å². The van der Waals surface area contributed by atoms with E-state index in [1.807, 2.05) is 0 Å². The van der Waals surface area contributed by atoms with Crippen molar-refractivity contribution in [3.8, 4) is 0 Å². The number of ether oxygens (including phenoxy) is 1. The Hall–Kier alpha value is -1.63. The van der Waals surface area contributed by atoms with E-state index >= 15 is 0 Å². The molecular formula is C18H20ClN3O3. The quantitative estimate of drug-likeness (QED) is 0.886. The van der Waals surface area contributed by atoms with E-state index in [2.05, 4.69) is 9.47 Å². The largest absolute Gasteiger partial charge is 0.478 e. The van der Waals surface area contributed by atoms with Crippen LogP contribution in [0.15, 0.2) is 12.1 Å². The molecule has 3 aliphatic rings. The molecule has 3 unspecified atom stereocenters. The molecular weight excluding hydrogens is 342 g/mol. The Kier molecular flexibility index (Phi) is 3.55. The SMILES string of the molecule is O=C(O)c1cc(Cl)c2nc(CN3CC4CC4C3)n(CC3CCO3)c2c1. The summed E-state index contributed by atoms with van der Waals surface area (Å²) >= 11 is 6.34. The highest BCUT2D eigenvalue weighted by atomic mass is 35.5. The number of carbonyl (C=O) groups is 1. The number of aromatic nitrogens is 2. The Morgan fingerprint density at radius 3 is 2.76 bits per heavy atom. The maximum atomic E-state index is 11.4. The number of fused-ring (bicyclic) bond motifs is 2. The average Bonchev–Trinajstić information content (AvgIpc) is 2.98. The highest BCUT2D eigenvalue weighted by Crippen LogP contribution is 2.45. The van der Waals surface area contributed by atoms with E-state index in [9.17, 15) is 9.90 Å². The molecule has 3 heterocycles. The van der Waals surface area contributed by atoms with Crippen LogP contribution in [0.5, 0.6) is 0 Å². The number of nitrogens with zero attached hydrogens (tertiary/aromatic N) is 3. The molecule has 3 fully saturated rings. The van der Waals surface area contributed by atoms with Crippen molar-refractivity contribution in [2.45, 2.75) is 32.0 Å². The molecule has 3 atom stereocenters. The van der Waals surface area contributed by atoms with Gasteiger partial charge in [-0.2, -0.15) is 0 Å². The number of hydrogen-bond acceptors (Lipinski definition) is 4. The summed E-state index contributed by atoms with van der Waals surface area (Å²) < 4.78 is 7.71. The maximum absolute atomic E-state index is 11.4. The molecule has 1 aromatic carbocycles. The molecule has 0 amide bonds. The van der Waals surface area contributed by atoms with Crippen LogP contribution in [-0.4, -0.2) is 51.3 Å². The van der Waals surface area contributed by atoms with Gasteiger partial charge in [-0.25, -0.2) is 9.78 Å². The summed E-state index contributed by atoms with van der Waals surface area (Å²) in [7, 11) is 0. The standard InChI is InChI=1S/C18H20ClN3O3/c19-14-4-10(18(23)24)5-15-17(14)20-16(22(15)8-13-1-2-25-13)9-21-6-11-3-12(11)7-21/h4-5,11-13H,1-3,6-9H2,(H,23,24). The van der Waals surface area contributed by atoms with Crippen LogP contribution in [0.3, 0.4) is 0 Å². The van der Waals surface area contributed by atoms with Crippen LogP contribution in [0.4, 0.5) is 0 Å². The second-order valence-electron chi connectivity index (χ2n) is 7.50. The fourth-order valence-corrected chi connectivity index (χ4v) is 4.39. The van der Waals surface area contributed by atoms with Gasteiger partial charge >= 0.3 is 5.97 Å². The third kappa shape index (κ3) is 2.72. The fourth-order valence-electron chi connectivity index (χ4n) is 4.13. The third-order valence-corrected chi connectivity index (χ3v) is 6.02. The Morgan fingerprint density at radius 2 is 2.12 bits per heavy atom. The van der Waals surface area contributed by atoms with E-state index in [1.54, 1.807) is 6.07 Å². The molecule has 2 aromatic rings. The van der Waals surface area contributed by atoms with Crippen molar-refractivity contribution in [1.82, 2.24) is 14.5 Å². The first-order valence-corrected chi connectivity index (χ1v) is 9.22. The zero-order valence-electron chi connectivity index (χ0n) is 13.8. The van der Waals surface area contributed by atoms with Gasteiger partial charge in [-0.15, -0.1) is 0 Å². The molecule has 6 nitrogen and oxygen atoms in total. The Bertz CT molecular complexity index is 851. The van der Waals surface area contributed by atoms with E-state index in [-0.39, 0.29) is 11.7 Å². The molecule has 1 aliphatic carbocycles. The first-order chi connectivity index (χ1) is 12.1. The van der Waals surface area contributed by atoms with E-state index < -0.39 is 5.97 Å². The van der Waals surface area contributed by atoms with Gasteiger partial charge in [0.05, 0.1) is 35.3 Å². The lowest BCUT2D eigenvalue weighted by molar-refractivity contribution is -0.0591. The van der Waals surface area contributed by atoms with E-state index in [0.717, 1.165) is 55.8 Å². The molecule has 2 aliphatic heterocycles. The molecule has 0 spiro atoms. The van der Waals surface area contributed by atoms with Crippen LogP contribution < -0.4 is 0 Å². The van der Waals surface area contributed by atoms with E-state index in [4.69, 9.17) is 21.3 Å². The molecule has 1 N–H and O–H groups in total. The second kappa shape index (κ2) is 5.69. The summed E-state index contributed by atoms with van der Waals surface area (Å²) in [6.45, 7) is 4.56. The number of benzene rings is 1. The van der Waals surface area contributed by atoms with Crippen molar-refractivity contribution in [2.75, 3.05) is 19.7 Å². The molecule has 0 radical (unpaired) electrons. The lowest BCUT2D eigenvalue weighted by Gasteiger charge is -2.28. The topological polar surface area (TPSA) is 67.6 Å². The van der Waals surface area contributed by atoms with Crippen LogP contribution in [0, 0.1) is 11.8 Å². The third-order valence-electron chi connectivity index (χ3n) is 5.73. The summed E-state index contributed by atoms with van der Waals surface area (Å²) in [4.78, 5) is 18.6. The number of rotatable bonds is 5. The van der Waals surface area contributed by atoms with Crippen molar-refractivity contribution >= 4 is 28.6 Å². The zero-order chi connectivity index (χ0) is 17.1. The monoisotopic (exact) mass is 361 g/mol. The van der Waals surface area contributed by atoms with Gasteiger partial charge in [0.25, 0.3) is 0 Å². The molecule has 2 saturated heterocycles. The lowest BCUT2D eigenvalue weighted by atomic mass is 10.1. The number of halogens is 1. The smallest absolute Gasteiger partial charge is 0.335 e.